The van der Waals surface area contributed by atoms with Gasteiger partial charge in [-0.15, -0.1) is 0 Å². The Labute approximate surface area is 131 Å². The van der Waals surface area contributed by atoms with Crippen molar-refractivity contribution in [3.05, 3.63) is 35.4 Å². The van der Waals surface area contributed by atoms with E-state index in [1.54, 1.807) is 0 Å². The van der Waals surface area contributed by atoms with Crippen molar-refractivity contribution < 1.29 is 9.59 Å². The molecule has 2 aliphatic rings. The number of likely N-dealkylation sites (tertiary alicyclic amines) is 1. The summed E-state index contributed by atoms with van der Waals surface area (Å²) in [6, 6.07) is 7.96. The van der Waals surface area contributed by atoms with E-state index in [1.807, 2.05) is 30.9 Å². The topological polar surface area (TPSA) is 61.4 Å². The third-order valence-corrected chi connectivity index (χ3v) is 4.55. The molecule has 1 aromatic rings. The zero-order valence-electron chi connectivity index (χ0n) is 13.1. The standard InChI is InChI=1S/C17H23N3O2/c1-11(2)20-8-7-15(16(20)21)19-17(22)18-14-9-12-5-3-4-6-13(12)10-14/h3-6,11,14-15H,7-10H2,1-2H3,(H2,18,19,22). The molecule has 5 nitrogen and oxygen atoms in total. The van der Waals surface area contributed by atoms with Crippen LogP contribution in [0.25, 0.3) is 0 Å². The van der Waals surface area contributed by atoms with Gasteiger partial charge < -0.3 is 15.5 Å². The smallest absolute Gasteiger partial charge is 0.315 e. The Morgan fingerprint density at radius 2 is 1.82 bits per heavy atom. The normalized spacial score (nSPS) is 21.3. The number of rotatable bonds is 3. The van der Waals surface area contributed by atoms with E-state index in [1.165, 1.54) is 11.1 Å². The summed E-state index contributed by atoms with van der Waals surface area (Å²) in [5.41, 5.74) is 2.60. The van der Waals surface area contributed by atoms with Gasteiger partial charge >= 0.3 is 6.03 Å². The van der Waals surface area contributed by atoms with Crippen LogP contribution in [0.15, 0.2) is 24.3 Å². The van der Waals surface area contributed by atoms with Gasteiger partial charge in [0.25, 0.3) is 0 Å². The molecule has 1 heterocycles. The van der Waals surface area contributed by atoms with E-state index in [-0.39, 0.29) is 30.1 Å². The maximum Gasteiger partial charge on any atom is 0.315 e. The highest BCUT2D eigenvalue weighted by Crippen LogP contribution is 2.21. The summed E-state index contributed by atoms with van der Waals surface area (Å²) in [4.78, 5) is 26.1. The third kappa shape index (κ3) is 2.93. The van der Waals surface area contributed by atoms with Gasteiger partial charge in [-0.1, -0.05) is 24.3 Å². The molecular weight excluding hydrogens is 278 g/mol. The molecule has 22 heavy (non-hydrogen) atoms. The maximum atomic E-state index is 12.2. The highest BCUT2D eigenvalue weighted by atomic mass is 16.2. The molecule has 1 aliphatic heterocycles. The van der Waals surface area contributed by atoms with Gasteiger partial charge in [-0.25, -0.2) is 4.79 Å². The highest BCUT2D eigenvalue weighted by molar-refractivity contribution is 5.88. The summed E-state index contributed by atoms with van der Waals surface area (Å²) in [6.45, 7) is 4.71. The number of nitrogens with one attached hydrogen (secondary N) is 2. The largest absolute Gasteiger partial charge is 0.338 e. The van der Waals surface area contributed by atoms with Crippen molar-refractivity contribution in [3.8, 4) is 0 Å². The minimum atomic E-state index is -0.383. The van der Waals surface area contributed by atoms with E-state index in [4.69, 9.17) is 0 Å². The van der Waals surface area contributed by atoms with Crippen LogP contribution in [0.4, 0.5) is 4.79 Å². The van der Waals surface area contributed by atoms with Crippen molar-refractivity contribution in [1.82, 2.24) is 15.5 Å². The van der Waals surface area contributed by atoms with E-state index < -0.39 is 0 Å². The average molecular weight is 301 g/mol. The van der Waals surface area contributed by atoms with Crippen molar-refractivity contribution in [1.29, 1.82) is 0 Å². The van der Waals surface area contributed by atoms with Crippen LogP contribution in [0.5, 0.6) is 0 Å². The number of hydrogen-bond acceptors (Lipinski definition) is 2. The fraction of sp³-hybridized carbons (Fsp3) is 0.529. The molecule has 1 fully saturated rings. The molecule has 0 saturated carbocycles. The molecule has 1 saturated heterocycles. The minimum absolute atomic E-state index is 0.0276. The van der Waals surface area contributed by atoms with E-state index >= 15 is 0 Å². The maximum absolute atomic E-state index is 12.2. The van der Waals surface area contributed by atoms with Gasteiger partial charge in [0.1, 0.15) is 6.04 Å². The van der Waals surface area contributed by atoms with E-state index in [9.17, 15) is 9.59 Å². The number of carbonyl (C=O) groups is 2. The van der Waals surface area contributed by atoms with Crippen molar-refractivity contribution in [2.75, 3.05) is 6.54 Å². The molecule has 2 N–H and O–H groups in total. The zero-order chi connectivity index (χ0) is 15.7. The molecule has 1 atom stereocenters. The van der Waals surface area contributed by atoms with Crippen LogP contribution in [0.3, 0.4) is 0 Å². The SMILES string of the molecule is CC(C)N1CCC(NC(=O)NC2Cc3ccccc3C2)C1=O. The Bertz CT molecular complexity index is 560. The zero-order valence-corrected chi connectivity index (χ0v) is 13.1. The Hall–Kier alpha value is -2.04. The van der Waals surface area contributed by atoms with Gasteiger partial charge in [0.05, 0.1) is 0 Å². The quantitative estimate of drug-likeness (QED) is 0.888. The third-order valence-electron chi connectivity index (χ3n) is 4.55. The van der Waals surface area contributed by atoms with Crippen molar-refractivity contribution in [2.45, 2.75) is 51.2 Å². The van der Waals surface area contributed by atoms with Crippen molar-refractivity contribution in [3.63, 3.8) is 0 Å². The van der Waals surface area contributed by atoms with E-state index in [0.717, 1.165) is 19.4 Å². The van der Waals surface area contributed by atoms with Crippen molar-refractivity contribution >= 4 is 11.9 Å². The van der Waals surface area contributed by atoms with Gasteiger partial charge in [-0.05, 0) is 44.2 Å². The van der Waals surface area contributed by atoms with Crippen LogP contribution in [0.1, 0.15) is 31.4 Å². The Balaban J connectivity index is 1.51. The first-order valence-electron chi connectivity index (χ1n) is 7.99. The molecule has 3 amide bonds. The number of amides is 3. The minimum Gasteiger partial charge on any atom is -0.338 e. The average Bonchev–Trinajstić information content (AvgIpc) is 3.02. The number of hydrogen-bond donors (Lipinski definition) is 2. The lowest BCUT2D eigenvalue weighted by atomic mass is 10.1. The number of nitrogens with zero attached hydrogens (tertiary/aromatic N) is 1. The van der Waals surface area contributed by atoms with Gasteiger partial charge in [0.15, 0.2) is 0 Å². The fourth-order valence-corrected chi connectivity index (χ4v) is 3.39. The summed E-state index contributed by atoms with van der Waals surface area (Å²) in [5, 5.41) is 5.82. The predicted octanol–water partition coefficient (Wildman–Crippen LogP) is 1.46. The Morgan fingerprint density at radius 1 is 1.18 bits per heavy atom. The summed E-state index contributed by atoms with van der Waals surface area (Å²) in [7, 11) is 0. The van der Waals surface area contributed by atoms with Crippen LogP contribution in [-0.2, 0) is 17.6 Å². The van der Waals surface area contributed by atoms with Crippen molar-refractivity contribution in [2.24, 2.45) is 0 Å². The molecular formula is C17H23N3O2. The van der Waals surface area contributed by atoms with Crippen LogP contribution >= 0.6 is 0 Å². The molecule has 0 aromatic heterocycles. The first kappa shape index (κ1) is 14.9. The monoisotopic (exact) mass is 301 g/mol. The van der Waals surface area contributed by atoms with Gasteiger partial charge in [-0.2, -0.15) is 0 Å². The Morgan fingerprint density at radius 3 is 2.36 bits per heavy atom. The lowest BCUT2D eigenvalue weighted by molar-refractivity contribution is -0.130. The molecule has 0 bridgehead atoms. The summed E-state index contributed by atoms with van der Waals surface area (Å²) in [5.74, 6) is 0.0276. The highest BCUT2D eigenvalue weighted by Gasteiger charge is 2.34. The molecule has 118 valence electrons. The van der Waals surface area contributed by atoms with Crippen LogP contribution in [0.2, 0.25) is 0 Å². The second kappa shape index (κ2) is 5.99. The van der Waals surface area contributed by atoms with E-state index in [0.29, 0.717) is 6.42 Å². The van der Waals surface area contributed by atoms with E-state index in [2.05, 4.69) is 22.8 Å². The Kier molecular flexibility index (Phi) is 4.05. The fourth-order valence-electron chi connectivity index (χ4n) is 3.39. The van der Waals surface area contributed by atoms with Gasteiger partial charge in [-0.3, -0.25) is 4.79 Å². The van der Waals surface area contributed by atoms with Gasteiger partial charge in [0.2, 0.25) is 5.91 Å². The number of urea groups is 1. The number of carbonyl (C=O) groups excluding carboxylic acids is 2. The molecule has 5 heteroatoms. The van der Waals surface area contributed by atoms with Crippen LogP contribution in [0, 0.1) is 0 Å². The lowest BCUT2D eigenvalue weighted by Gasteiger charge is -2.21. The first-order chi connectivity index (χ1) is 10.5. The predicted molar refractivity (Wildman–Crippen MR) is 84.6 cm³/mol. The second-order valence-electron chi connectivity index (χ2n) is 6.46. The summed E-state index contributed by atoms with van der Waals surface area (Å²) >= 11 is 0. The molecule has 1 aromatic carbocycles. The second-order valence-corrected chi connectivity index (χ2v) is 6.46. The summed E-state index contributed by atoms with van der Waals surface area (Å²) in [6.07, 6.45) is 2.41. The number of fused-ring (bicyclic) bond motifs is 1. The molecule has 1 unspecified atom stereocenters. The van der Waals surface area contributed by atoms with Crippen LogP contribution < -0.4 is 10.6 Å². The van der Waals surface area contributed by atoms with Gasteiger partial charge in [0, 0.05) is 18.6 Å². The first-order valence-corrected chi connectivity index (χ1v) is 7.99. The van der Waals surface area contributed by atoms with Crippen LogP contribution in [-0.4, -0.2) is 41.5 Å². The molecule has 3 rings (SSSR count). The molecule has 1 aliphatic carbocycles. The molecule has 0 spiro atoms. The summed E-state index contributed by atoms with van der Waals surface area (Å²) < 4.78 is 0. The lowest BCUT2D eigenvalue weighted by Crippen LogP contribution is -2.49. The molecule has 0 radical (unpaired) electrons. The number of benzene rings is 1.